The summed E-state index contributed by atoms with van der Waals surface area (Å²) in [5, 5.41) is 2.84. The van der Waals surface area contributed by atoms with E-state index in [4.69, 9.17) is 0 Å². The molecule has 82 valence electrons. The minimum Gasteiger partial charge on any atom is -0.338 e. The molecule has 1 saturated carbocycles. The van der Waals surface area contributed by atoms with Crippen molar-refractivity contribution in [1.82, 2.24) is 10.2 Å². The quantitative estimate of drug-likeness (QED) is 0.725. The Labute approximate surface area is 86.9 Å². The van der Waals surface area contributed by atoms with Crippen molar-refractivity contribution in [2.24, 2.45) is 5.92 Å². The van der Waals surface area contributed by atoms with E-state index >= 15 is 0 Å². The third-order valence-corrected chi connectivity index (χ3v) is 3.18. The van der Waals surface area contributed by atoms with Crippen LogP contribution in [0, 0.1) is 5.92 Å². The molecular formula is C11H22N2O. The van der Waals surface area contributed by atoms with Crippen LogP contribution in [0.3, 0.4) is 0 Å². The zero-order chi connectivity index (χ0) is 10.6. The second kappa shape index (κ2) is 5.23. The second-order valence-electron chi connectivity index (χ2n) is 4.36. The van der Waals surface area contributed by atoms with Gasteiger partial charge >= 0.3 is 6.03 Å². The summed E-state index contributed by atoms with van der Waals surface area (Å²) in [5.74, 6) is 0.842. The van der Waals surface area contributed by atoms with Gasteiger partial charge in [-0.15, -0.1) is 0 Å². The Morgan fingerprint density at radius 3 is 2.43 bits per heavy atom. The average Bonchev–Trinajstić information content (AvgIpc) is 2.18. The maximum Gasteiger partial charge on any atom is 0.317 e. The van der Waals surface area contributed by atoms with E-state index in [9.17, 15) is 4.79 Å². The van der Waals surface area contributed by atoms with Gasteiger partial charge in [0.2, 0.25) is 0 Å². The predicted octanol–water partition coefficient (Wildman–Crippen LogP) is 2.23. The van der Waals surface area contributed by atoms with E-state index in [-0.39, 0.29) is 6.03 Å². The van der Waals surface area contributed by atoms with Gasteiger partial charge in [0.15, 0.2) is 0 Å². The summed E-state index contributed by atoms with van der Waals surface area (Å²) in [5.41, 5.74) is 0. The van der Waals surface area contributed by atoms with Crippen LogP contribution in [-0.4, -0.2) is 30.6 Å². The van der Waals surface area contributed by atoms with Crippen LogP contribution in [0.25, 0.3) is 0 Å². The van der Waals surface area contributed by atoms with E-state index in [1.54, 1.807) is 0 Å². The molecule has 3 heteroatoms. The lowest BCUT2D eigenvalue weighted by atomic mass is 9.87. The molecule has 0 spiro atoms. The summed E-state index contributed by atoms with van der Waals surface area (Å²) in [6.07, 6.45) is 4.84. The minimum atomic E-state index is 0.0760. The molecule has 0 aromatic heterocycles. The van der Waals surface area contributed by atoms with Gasteiger partial charge in [0.05, 0.1) is 0 Å². The first-order valence-corrected chi connectivity index (χ1v) is 5.65. The molecule has 0 saturated heterocycles. The van der Waals surface area contributed by atoms with Gasteiger partial charge in [-0.2, -0.15) is 0 Å². The number of carbonyl (C=O) groups is 1. The van der Waals surface area contributed by atoms with Gasteiger partial charge in [-0.3, -0.25) is 0 Å². The van der Waals surface area contributed by atoms with Crippen LogP contribution in [0.5, 0.6) is 0 Å². The van der Waals surface area contributed by atoms with Crippen LogP contribution >= 0.6 is 0 Å². The third kappa shape index (κ3) is 2.89. The number of nitrogens with zero attached hydrogens (tertiary/aromatic N) is 1. The van der Waals surface area contributed by atoms with Crippen LogP contribution in [0.2, 0.25) is 0 Å². The lowest BCUT2D eigenvalue weighted by Crippen LogP contribution is -2.44. The molecule has 1 rings (SSSR count). The van der Waals surface area contributed by atoms with E-state index in [1.807, 2.05) is 18.9 Å². The van der Waals surface area contributed by atoms with E-state index in [0.29, 0.717) is 12.6 Å². The van der Waals surface area contributed by atoms with Crippen molar-refractivity contribution in [3.8, 4) is 0 Å². The van der Waals surface area contributed by atoms with Crippen LogP contribution in [-0.2, 0) is 0 Å². The van der Waals surface area contributed by atoms with Gasteiger partial charge in [-0.1, -0.05) is 6.92 Å². The first-order chi connectivity index (χ1) is 6.65. The Hall–Kier alpha value is -0.730. The van der Waals surface area contributed by atoms with Crippen molar-refractivity contribution in [3.63, 3.8) is 0 Å². The zero-order valence-corrected chi connectivity index (χ0v) is 9.55. The largest absolute Gasteiger partial charge is 0.338 e. The lowest BCUT2D eigenvalue weighted by molar-refractivity contribution is 0.164. The third-order valence-electron chi connectivity index (χ3n) is 3.18. The molecule has 0 aromatic rings. The number of urea groups is 1. The highest BCUT2D eigenvalue weighted by Gasteiger charge is 2.24. The van der Waals surface area contributed by atoms with Crippen molar-refractivity contribution in [2.75, 3.05) is 13.6 Å². The monoisotopic (exact) mass is 198 g/mol. The van der Waals surface area contributed by atoms with Gasteiger partial charge in [0.1, 0.15) is 0 Å². The molecule has 0 bridgehead atoms. The topological polar surface area (TPSA) is 32.3 Å². The van der Waals surface area contributed by atoms with Gasteiger partial charge < -0.3 is 10.2 Å². The van der Waals surface area contributed by atoms with E-state index in [0.717, 1.165) is 18.8 Å². The number of rotatable bonds is 2. The van der Waals surface area contributed by atoms with Gasteiger partial charge in [-0.25, -0.2) is 4.79 Å². The molecule has 0 unspecified atom stereocenters. The van der Waals surface area contributed by atoms with Crippen molar-refractivity contribution < 1.29 is 4.79 Å². The first kappa shape index (κ1) is 11.3. The predicted molar refractivity (Wildman–Crippen MR) is 58.3 cm³/mol. The molecule has 3 nitrogen and oxygen atoms in total. The van der Waals surface area contributed by atoms with Crippen LogP contribution < -0.4 is 5.32 Å². The van der Waals surface area contributed by atoms with Gasteiger partial charge in [0.25, 0.3) is 0 Å². The summed E-state index contributed by atoms with van der Waals surface area (Å²) < 4.78 is 0. The number of hydrogen-bond acceptors (Lipinski definition) is 1. The van der Waals surface area contributed by atoms with Gasteiger partial charge in [-0.05, 0) is 38.5 Å². The molecule has 0 atom stereocenters. The smallest absolute Gasteiger partial charge is 0.317 e. The fourth-order valence-corrected chi connectivity index (χ4v) is 2.07. The molecular weight excluding hydrogens is 176 g/mol. The summed E-state index contributed by atoms with van der Waals surface area (Å²) in [4.78, 5) is 13.4. The fourth-order valence-electron chi connectivity index (χ4n) is 2.07. The minimum absolute atomic E-state index is 0.0760. The zero-order valence-electron chi connectivity index (χ0n) is 9.55. The molecule has 1 aliphatic carbocycles. The van der Waals surface area contributed by atoms with Crippen molar-refractivity contribution in [2.45, 2.75) is 45.6 Å². The van der Waals surface area contributed by atoms with Crippen LogP contribution in [0.1, 0.15) is 39.5 Å². The molecule has 0 heterocycles. The van der Waals surface area contributed by atoms with Crippen molar-refractivity contribution in [3.05, 3.63) is 0 Å². The Kier molecular flexibility index (Phi) is 4.23. The standard InChI is InChI=1S/C11H22N2O/c1-4-12-11(14)13(3)10-7-5-9(2)6-8-10/h9-10H,4-8H2,1-3H3,(H,12,14). The molecule has 1 N–H and O–H groups in total. The summed E-state index contributed by atoms with van der Waals surface area (Å²) in [6.45, 7) is 4.96. The molecule has 1 aliphatic rings. The maximum atomic E-state index is 11.5. The van der Waals surface area contributed by atoms with Crippen molar-refractivity contribution in [1.29, 1.82) is 0 Å². The number of carbonyl (C=O) groups excluding carboxylic acids is 1. The fraction of sp³-hybridized carbons (Fsp3) is 0.909. The molecule has 2 amide bonds. The Balaban J connectivity index is 2.37. The van der Waals surface area contributed by atoms with Crippen LogP contribution in [0.15, 0.2) is 0 Å². The number of amides is 2. The molecule has 14 heavy (non-hydrogen) atoms. The SMILES string of the molecule is CCNC(=O)N(C)C1CCC(C)CC1. The summed E-state index contributed by atoms with van der Waals surface area (Å²) >= 11 is 0. The lowest BCUT2D eigenvalue weighted by Gasteiger charge is -2.33. The Morgan fingerprint density at radius 1 is 1.36 bits per heavy atom. The summed E-state index contributed by atoms with van der Waals surface area (Å²) in [7, 11) is 1.91. The highest BCUT2D eigenvalue weighted by molar-refractivity contribution is 5.74. The molecule has 0 aliphatic heterocycles. The maximum absolute atomic E-state index is 11.5. The normalized spacial score (nSPS) is 27.1. The molecule has 0 radical (unpaired) electrons. The van der Waals surface area contributed by atoms with E-state index < -0.39 is 0 Å². The molecule has 1 fully saturated rings. The molecule has 0 aromatic carbocycles. The first-order valence-electron chi connectivity index (χ1n) is 5.65. The highest BCUT2D eigenvalue weighted by atomic mass is 16.2. The second-order valence-corrected chi connectivity index (χ2v) is 4.36. The average molecular weight is 198 g/mol. The number of nitrogens with one attached hydrogen (secondary N) is 1. The number of hydrogen-bond donors (Lipinski definition) is 1. The Morgan fingerprint density at radius 2 is 1.93 bits per heavy atom. The van der Waals surface area contributed by atoms with Crippen molar-refractivity contribution >= 4 is 6.03 Å². The van der Waals surface area contributed by atoms with Gasteiger partial charge in [0, 0.05) is 19.6 Å². The summed E-state index contributed by atoms with van der Waals surface area (Å²) in [6, 6.07) is 0.532. The van der Waals surface area contributed by atoms with E-state index in [1.165, 1.54) is 12.8 Å². The Bertz CT molecular complexity index is 186. The highest BCUT2D eigenvalue weighted by Crippen LogP contribution is 2.26. The van der Waals surface area contributed by atoms with E-state index in [2.05, 4.69) is 12.2 Å². The van der Waals surface area contributed by atoms with Crippen LogP contribution in [0.4, 0.5) is 4.79 Å².